The monoisotopic (exact) mass is 209 g/mol. The summed E-state index contributed by atoms with van der Waals surface area (Å²) in [6.45, 7) is 7.14. The fraction of sp³-hybridized carbons (Fsp3) is 0.400. The van der Waals surface area contributed by atoms with Crippen LogP contribution in [0.3, 0.4) is 0 Å². The van der Waals surface area contributed by atoms with Crippen molar-refractivity contribution in [1.29, 1.82) is 0 Å². The Labute approximate surface area is 87.5 Å². The molecule has 0 aliphatic carbocycles. The lowest BCUT2D eigenvalue weighted by atomic mass is 10.4. The van der Waals surface area contributed by atoms with E-state index in [4.69, 9.17) is 0 Å². The van der Waals surface area contributed by atoms with E-state index in [2.05, 4.69) is 16.9 Å². The number of H-pyrrole nitrogens is 1. The second-order valence-corrected chi connectivity index (χ2v) is 3.26. The van der Waals surface area contributed by atoms with Crippen molar-refractivity contribution in [3.63, 3.8) is 0 Å². The van der Waals surface area contributed by atoms with Crippen molar-refractivity contribution in [3.8, 4) is 0 Å². The molecule has 0 aromatic carbocycles. The fourth-order valence-corrected chi connectivity index (χ4v) is 1.19. The Morgan fingerprint density at radius 2 is 2.33 bits per heavy atom. The van der Waals surface area contributed by atoms with Crippen molar-refractivity contribution in [2.45, 2.75) is 13.5 Å². The molecule has 82 valence electrons. The van der Waals surface area contributed by atoms with Crippen LogP contribution in [0.4, 0.5) is 0 Å². The fourth-order valence-electron chi connectivity index (χ4n) is 1.19. The number of nitrogens with one attached hydrogen (secondary N) is 2. The van der Waals surface area contributed by atoms with Crippen molar-refractivity contribution < 1.29 is 0 Å². The summed E-state index contributed by atoms with van der Waals surface area (Å²) in [5, 5.41) is 3.08. The Morgan fingerprint density at radius 1 is 1.60 bits per heavy atom. The predicted octanol–water partition coefficient (Wildman–Crippen LogP) is -0.379. The normalized spacial score (nSPS) is 10.2. The highest BCUT2D eigenvalue weighted by Crippen LogP contribution is 1.83. The van der Waals surface area contributed by atoms with E-state index < -0.39 is 0 Å². The maximum atomic E-state index is 11.3. The summed E-state index contributed by atoms with van der Waals surface area (Å²) in [6.07, 6.45) is 3.32. The average molecular weight is 209 g/mol. The molecule has 0 saturated heterocycles. The number of nitrogens with zero attached hydrogens (tertiary/aromatic N) is 1. The third-order valence-corrected chi connectivity index (χ3v) is 2.01. The van der Waals surface area contributed by atoms with Gasteiger partial charge in [0.25, 0.3) is 5.56 Å². The molecule has 0 amide bonds. The van der Waals surface area contributed by atoms with Crippen molar-refractivity contribution in [2.75, 3.05) is 13.1 Å². The first kappa shape index (κ1) is 11.5. The molecule has 0 atom stereocenters. The van der Waals surface area contributed by atoms with Gasteiger partial charge in [0.15, 0.2) is 0 Å². The van der Waals surface area contributed by atoms with Gasteiger partial charge in [-0.25, -0.2) is 4.79 Å². The molecular formula is C10H15N3O2. The minimum absolute atomic E-state index is 0.324. The van der Waals surface area contributed by atoms with Crippen molar-refractivity contribution >= 4 is 0 Å². The summed E-state index contributed by atoms with van der Waals surface area (Å²) >= 11 is 0. The molecule has 5 nitrogen and oxygen atoms in total. The molecule has 1 aromatic heterocycles. The van der Waals surface area contributed by atoms with Crippen LogP contribution in [-0.4, -0.2) is 22.6 Å². The zero-order chi connectivity index (χ0) is 11.3. The van der Waals surface area contributed by atoms with E-state index in [0.29, 0.717) is 25.2 Å². The summed E-state index contributed by atoms with van der Waals surface area (Å²) in [6, 6.07) is 0. The molecule has 0 aliphatic heterocycles. The van der Waals surface area contributed by atoms with Gasteiger partial charge in [-0.1, -0.05) is 6.08 Å². The van der Waals surface area contributed by atoms with E-state index in [9.17, 15) is 9.59 Å². The molecule has 1 aromatic rings. The maximum Gasteiger partial charge on any atom is 0.328 e. The molecule has 15 heavy (non-hydrogen) atoms. The van der Waals surface area contributed by atoms with Gasteiger partial charge >= 0.3 is 5.69 Å². The number of aromatic amines is 1. The molecule has 1 heterocycles. The number of aryl methyl sites for hydroxylation is 1. The molecule has 2 N–H and O–H groups in total. The molecular weight excluding hydrogens is 194 g/mol. The first-order valence-electron chi connectivity index (χ1n) is 4.77. The van der Waals surface area contributed by atoms with Crippen LogP contribution in [-0.2, 0) is 6.54 Å². The molecule has 1 rings (SSSR count). The van der Waals surface area contributed by atoms with Crippen LogP contribution in [0.25, 0.3) is 0 Å². The molecule has 0 saturated carbocycles. The predicted molar refractivity (Wildman–Crippen MR) is 59.1 cm³/mol. The van der Waals surface area contributed by atoms with Crippen LogP contribution < -0.4 is 16.6 Å². The molecule has 0 fully saturated rings. The second kappa shape index (κ2) is 5.31. The number of hydrogen-bond acceptors (Lipinski definition) is 3. The van der Waals surface area contributed by atoms with Gasteiger partial charge in [0.05, 0.1) is 0 Å². The van der Waals surface area contributed by atoms with Gasteiger partial charge in [-0.3, -0.25) is 14.3 Å². The third kappa shape index (κ3) is 3.21. The number of rotatable bonds is 5. The van der Waals surface area contributed by atoms with Gasteiger partial charge in [-0.05, 0) is 6.92 Å². The largest absolute Gasteiger partial charge is 0.328 e. The molecule has 0 radical (unpaired) electrons. The van der Waals surface area contributed by atoms with E-state index in [1.165, 1.54) is 4.57 Å². The summed E-state index contributed by atoms with van der Waals surface area (Å²) in [5.74, 6) is 0. The SMILES string of the molecule is C=CCNCCn1cc(C)c(=O)[nH]c1=O. The van der Waals surface area contributed by atoms with E-state index >= 15 is 0 Å². The highest BCUT2D eigenvalue weighted by atomic mass is 16.2. The second-order valence-electron chi connectivity index (χ2n) is 3.26. The van der Waals surface area contributed by atoms with Gasteiger partial charge in [0.1, 0.15) is 0 Å². The van der Waals surface area contributed by atoms with Crippen LogP contribution in [0.1, 0.15) is 5.56 Å². The van der Waals surface area contributed by atoms with Gasteiger partial charge in [-0.2, -0.15) is 0 Å². The van der Waals surface area contributed by atoms with Gasteiger partial charge in [0, 0.05) is 31.4 Å². The first-order chi connectivity index (χ1) is 7.15. The lowest BCUT2D eigenvalue weighted by molar-refractivity contribution is 0.593. The Balaban J connectivity index is 2.69. The minimum atomic E-state index is -0.369. The van der Waals surface area contributed by atoms with E-state index in [1.54, 1.807) is 19.2 Å². The van der Waals surface area contributed by atoms with Gasteiger partial charge < -0.3 is 5.32 Å². The molecule has 0 aliphatic rings. The Morgan fingerprint density at radius 3 is 3.00 bits per heavy atom. The van der Waals surface area contributed by atoms with Gasteiger partial charge in [0.2, 0.25) is 0 Å². The summed E-state index contributed by atoms with van der Waals surface area (Å²) in [5.41, 5.74) is -0.153. The van der Waals surface area contributed by atoms with E-state index in [0.717, 1.165) is 0 Å². The van der Waals surface area contributed by atoms with Crippen LogP contribution >= 0.6 is 0 Å². The summed E-state index contributed by atoms with van der Waals surface area (Å²) in [4.78, 5) is 24.6. The zero-order valence-electron chi connectivity index (χ0n) is 8.75. The van der Waals surface area contributed by atoms with Crippen molar-refractivity contribution in [2.24, 2.45) is 0 Å². The summed E-state index contributed by atoms with van der Waals surface area (Å²) < 4.78 is 1.48. The van der Waals surface area contributed by atoms with Crippen LogP contribution in [0, 0.1) is 6.92 Å². The summed E-state index contributed by atoms with van der Waals surface area (Å²) in [7, 11) is 0. The van der Waals surface area contributed by atoms with Gasteiger partial charge in [-0.15, -0.1) is 6.58 Å². The number of aromatic nitrogens is 2. The lowest BCUT2D eigenvalue weighted by Gasteiger charge is -2.05. The topological polar surface area (TPSA) is 66.9 Å². The third-order valence-electron chi connectivity index (χ3n) is 2.01. The van der Waals surface area contributed by atoms with Crippen LogP contribution in [0.5, 0.6) is 0 Å². The van der Waals surface area contributed by atoms with E-state index in [-0.39, 0.29) is 11.2 Å². The highest BCUT2D eigenvalue weighted by molar-refractivity contribution is 5.00. The number of hydrogen-bond donors (Lipinski definition) is 2. The van der Waals surface area contributed by atoms with Crippen molar-refractivity contribution in [1.82, 2.24) is 14.9 Å². The molecule has 5 heteroatoms. The first-order valence-corrected chi connectivity index (χ1v) is 4.77. The van der Waals surface area contributed by atoms with Crippen LogP contribution in [0.2, 0.25) is 0 Å². The highest BCUT2D eigenvalue weighted by Gasteiger charge is 1.99. The molecule has 0 spiro atoms. The Hall–Kier alpha value is -1.62. The smallest absolute Gasteiger partial charge is 0.312 e. The Bertz CT molecular complexity index is 445. The van der Waals surface area contributed by atoms with Crippen molar-refractivity contribution in [3.05, 3.63) is 45.3 Å². The van der Waals surface area contributed by atoms with Crippen LogP contribution in [0.15, 0.2) is 28.4 Å². The average Bonchev–Trinajstić information content (AvgIpc) is 2.20. The quantitative estimate of drug-likeness (QED) is 0.513. The standard InChI is InChI=1S/C10H15N3O2/c1-3-4-11-5-6-13-7-8(2)9(14)12-10(13)15/h3,7,11H,1,4-6H2,2H3,(H,12,14,15). The van der Waals surface area contributed by atoms with E-state index in [1.807, 2.05) is 0 Å². The molecule has 0 bridgehead atoms. The lowest BCUT2D eigenvalue weighted by Crippen LogP contribution is -2.33. The zero-order valence-corrected chi connectivity index (χ0v) is 8.75. The Kier molecular flexibility index (Phi) is 4.05. The molecule has 0 unspecified atom stereocenters. The maximum absolute atomic E-state index is 11.3. The minimum Gasteiger partial charge on any atom is -0.312 e.